The van der Waals surface area contributed by atoms with E-state index >= 15 is 0 Å². The number of rotatable bonds is 2. The van der Waals surface area contributed by atoms with Crippen LogP contribution >= 0.6 is 50.1 Å². The molecule has 0 aliphatic heterocycles. The fraction of sp³-hybridized carbons (Fsp3) is 0. The number of benzene rings is 2. The molecule has 0 aromatic heterocycles. The molecule has 0 saturated heterocycles. The Bertz CT molecular complexity index is 685. The average Bonchev–Trinajstić information content (AvgIpc) is 2.38. The molecule has 0 radical (unpaired) electrons. The standard InChI is InChI=1S/C13H6BrClFIN2/c14-12-7(6-18)1-3-11(13(12)16)19-10-4-2-8(15)5-9(10)17/h1-5,19H. The number of hydrogen-bond acceptors (Lipinski definition) is 2. The summed E-state index contributed by atoms with van der Waals surface area (Å²) in [6.07, 6.45) is 0. The number of hydrogen-bond donors (Lipinski definition) is 1. The van der Waals surface area contributed by atoms with E-state index < -0.39 is 5.82 Å². The topological polar surface area (TPSA) is 35.8 Å². The van der Waals surface area contributed by atoms with Gasteiger partial charge in [0.05, 0.1) is 21.4 Å². The first kappa shape index (κ1) is 14.6. The second-order valence-corrected chi connectivity index (χ2v) is 6.04. The van der Waals surface area contributed by atoms with Gasteiger partial charge in [-0.05, 0) is 68.9 Å². The Balaban J connectivity index is 2.39. The van der Waals surface area contributed by atoms with Gasteiger partial charge in [-0.25, -0.2) is 4.39 Å². The van der Waals surface area contributed by atoms with Gasteiger partial charge in [-0.15, -0.1) is 0 Å². The van der Waals surface area contributed by atoms with E-state index in [2.05, 4.69) is 43.8 Å². The molecule has 0 heterocycles. The van der Waals surface area contributed by atoms with Crippen LogP contribution in [0.3, 0.4) is 0 Å². The van der Waals surface area contributed by atoms with E-state index in [0.717, 1.165) is 9.26 Å². The van der Waals surface area contributed by atoms with Crippen molar-refractivity contribution < 1.29 is 4.39 Å². The molecule has 0 atom stereocenters. The Kier molecular flexibility index (Phi) is 4.66. The molecule has 0 unspecified atom stereocenters. The van der Waals surface area contributed by atoms with Crippen LogP contribution in [-0.4, -0.2) is 0 Å². The first-order valence-corrected chi connectivity index (χ1v) is 7.38. The van der Waals surface area contributed by atoms with Crippen LogP contribution in [0.15, 0.2) is 34.8 Å². The van der Waals surface area contributed by atoms with Gasteiger partial charge in [-0.1, -0.05) is 11.6 Å². The fourth-order valence-electron chi connectivity index (χ4n) is 1.47. The highest BCUT2D eigenvalue weighted by atomic mass is 127. The normalized spacial score (nSPS) is 10.1. The summed E-state index contributed by atoms with van der Waals surface area (Å²) < 4.78 is 15.1. The predicted octanol–water partition coefficient (Wildman–Crippen LogP) is 5.46. The predicted molar refractivity (Wildman–Crippen MR) is 86.3 cm³/mol. The Morgan fingerprint density at radius 3 is 2.58 bits per heavy atom. The second kappa shape index (κ2) is 6.07. The van der Waals surface area contributed by atoms with Crippen molar-refractivity contribution in [3.8, 4) is 6.07 Å². The number of nitrogens with zero attached hydrogens (tertiary/aromatic N) is 1. The van der Waals surface area contributed by atoms with Crippen molar-refractivity contribution in [2.75, 3.05) is 5.32 Å². The van der Waals surface area contributed by atoms with Crippen molar-refractivity contribution in [3.05, 3.63) is 54.8 Å². The van der Waals surface area contributed by atoms with Crippen molar-refractivity contribution in [1.82, 2.24) is 0 Å². The number of halogens is 4. The molecule has 1 N–H and O–H groups in total. The lowest BCUT2D eigenvalue weighted by Crippen LogP contribution is -1.97. The monoisotopic (exact) mass is 450 g/mol. The minimum Gasteiger partial charge on any atom is -0.352 e. The van der Waals surface area contributed by atoms with Gasteiger partial charge in [-0.3, -0.25) is 0 Å². The van der Waals surface area contributed by atoms with E-state index in [1.165, 1.54) is 6.07 Å². The highest BCUT2D eigenvalue weighted by molar-refractivity contribution is 14.1. The van der Waals surface area contributed by atoms with Crippen LogP contribution in [0.2, 0.25) is 5.02 Å². The van der Waals surface area contributed by atoms with Gasteiger partial charge in [0, 0.05) is 8.59 Å². The summed E-state index contributed by atoms with van der Waals surface area (Å²) in [6, 6.07) is 10.3. The minimum absolute atomic E-state index is 0.156. The van der Waals surface area contributed by atoms with Crippen molar-refractivity contribution >= 4 is 61.5 Å². The zero-order valence-corrected chi connectivity index (χ0v) is 13.8. The molecule has 0 amide bonds. The first-order valence-electron chi connectivity index (χ1n) is 5.13. The summed E-state index contributed by atoms with van der Waals surface area (Å²) in [5.41, 5.74) is 1.31. The summed E-state index contributed by atoms with van der Waals surface area (Å²) in [5, 5.41) is 12.4. The van der Waals surface area contributed by atoms with Gasteiger partial charge in [-0.2, -0.15) is 5.26 Å². The molecule has 0 fully saturated rings. The lowest BCUT2D eigenvalue weighted by atomic mass is 10.2. The highest BCUT2D eigenvalue weighted by Gasteiger charge is 2.12. The minimum atomic E-state index is -0.496. The lowest BCUT2D eigenvalue weighted by molar-refractivity contribution is 0.624. The van der Waals surface area contributed by atoms with Crippen LogP contribution in [0.4, 0.5) is 15.8 Å². The molecule has 2 rings (SSSR count). The molecular formula is C13H6BrClFIN2. The highest BCUT2D eigenvalue weighted by Crippen LogP contribution is 2.31. The van der Waals surface area contributed by atoms with Crippen molar-refractivity contribution in [3.63, 3.8) is 0 Å². The zero-order chi connectivity index (χ0) is 14.0. The van der Waals surface area contributed by atoms with Crippen LogP contribution in [0, 0.1) is 20.7 Å². The average molecular weight is 451 g/mol. The van der Waals surface area contributed by atoms with Crippen LogP contribution < -0.4 is 5.32 Å². The molecule has 0 aliphatic rings. The Hall–Kier alpha value is -0.840. The van der Waals surface area contributed by atoms with Crippen LogP contribution in [0.25, 0.3) is 0 Å². The van der Waals surface area contributed by atoms with Gasteiger partial charge in [0.1, 0.15) is 6.07 Å². The maximum Gasteiger partial charge on any atom is 0.162 e. The maximum absolute atomic E-state index is 14.1. The first-order chi connectivity index (χ1) is 9.02. The molecule has 96 valence electrons. The molecule has 0 aliphatic carbocycles. The lowest BCUT2D eigenvalue weighted by Gasteiger charge is -2.11. The Morgan fingerprint density at radius 1 is 1.26 bits per heavy atom. The van der Waals surface area contributed by atoms with Crippen molar-refractivity contribution in [1.29, 1.82) is 5.26 Å². The van der Waals surface area contributed by atoms with E-state index in [4.69, 9.17) is 16.9 Å². The molecule has 0 bridgehead atoms. The van der Waals surface area contributed by atoms with E-state index in [1.54, 1.807) is 24.3 Å². The Morgan fingerprint density at radius 2 is 1.95 bits per heavy atom. The van der Waals surface area contributed by atoms with Gasteiger partial charge in [0.15, 0.2) is 5.82 Å². The van der Waals surface area contributed by atoms with E-state index in [1.807, 2.05) is 6.07 Å². The SMILES string of the molecule is N#Cc1ccc(Nc2ccc(Cl)cc2I)c(F)c1Br. The van der Waals surface area contributed by atoms with Gasteiger partial charge in [0.25, 0.3) is 0 Å². The smallest absolute Gasteiger partial charge is 0.162 e. The largest absolute Gasteiger partial charge is 0.352 e. The third-order valence-corrected chi connectivity index (χ3v) is 4.31. The third-order valence-electron chi connectivity index (χ3n) is 2.40. The molecule has 2 aromatic rings. The molecule has 0 spiro atoms. The van der Waals surface area contributed by atoms with E-state index in [9.17, 15) is 4.39 Å². The van der Waals surface area contributed by atoms with Gasteiger partial charge < -0.3 is 5.32 Å². The number of nitrogens with one attached hydrogen (secondary N) is 1. The second-order valence-electron chi connectivity index (χ2n) is 3.65. The summed E-state index contributed by atoms with van der Waals surface area (Å²) in [4.78, 5) is 0. The molecule has 6 heteroatoms. The molecular weight excluding hydrogens is 445 g/mol. The van der Waals surface area contributed by atoms with Crippen molar-refractivity contribution in [2.45, 2.75) is 0 Å². The molecule has 2 aromatic carbocycles. The van der Waals surface area contributed by atoms with Crippen LogP contribution in [0.1, 0.15) is 5.56 Å². The number of anilines is 2. The Labute approximate surface area is 136 Å². The van der Waals surface area contributed by atoms with Gasteiger partial charge >= 0.3 is 0 Å². The molecule has 2 nitrogen and oxygen atoms in total. The molecule has 0 saturated carbocycles. The summed E-state index contributed by atoms with van der Waals surface area (Å²) in [7, 11) is 0. The van der Waals surface area contributed by atoms with Crippen molar-refractivity contribution in [2.24, 2.45) is 0 Å². The van der Waals surface area contributed by atoms with Gasteiger partial charge in [0.2, 0.25) is 0 Å². The third kappa shape index (κ3) is 3.19. The fourth-order valence-corrected chi connectivity index (χ4v) is 2.91. The van der Waals surface area contributed by atoms with E-state index in [-0.39, 0.29) is 10.0 Å². The zero-order valence-electron chi connectivity index (χ0n) is 9.35. The van der Waals surface area contributed by atoms with Crippen LogP contribution in [-0.2, 0) is 0 Å². The maximum atomic E-state index is 14.1. The quantitative estimate of drug-likeness (QED) is 0.616. The number of nitriles is 1. The summed E-state index contributed by atoms with van der Waals surface area (Å²) >= 11 is 11.1. The summed E-state index contributed by atoms with van der Waals surface area (Å²) in [6.45, 7) is 0. The molecule has 19 heavy (non-hydrogen) atoms. The summed E-state index contributed by atoms with van der Waals surface area (Å²) in [5.74, 6) is -0.496. The van der Waals surface area contributed by atoms with Crippen LogP contribution in [0.5, 0.6) is 0 Å². The van der Waals surface area contributed by atoms with E-state index in [0.29, 0.717) is 10.7 Å².